The van der Waals surface area contributed by atoms with Crippen molar-refractivity contribution in [2.24, 2.45) is 7.05 Å². The third-order valence-electron chi connectivity index (χ3n) is 3.25. The maximum absolute atomic E-state index is 6.24. The molecule has 3 nitrogen and oxygen atoms in total. The van der Waals surface area contributed by atoms with Crippen LogP contribution in [0.1, 0.15) is 29.8 Å². The topological polar surface area (TPSA) is 29.9 Å². The van der Waals surface area contributed by atoms with E-state index in [2.05, 4.69) is 41.6 Å². The second-order valence-electron chi connectivity index (χ2n) is 4.28. The van der Waals surface area contributed by atoms with Gasteiger partial charge in [0.05, 0.1) is 23.0 Å². The van der Waals surface area contributed by atoms with E-state index in [-0.39, 0.29) is 6.04 Å². The third kappa shape index (κ3) is 2.28. The highest BCUT2D eigenvalue weighted by Gasteiger charge is 2.21. The summed E-state index contributed by atoms with van der Waals surface area (Å²) in [6.45, 7) is 2.16. The lowest BCUT2D eigenvalue weighted by Crippen LogP contribution is -2.22. The predicted octanol–water partition coefficient (Wildman–Crippen LogP) is 2.94. The van der Waals surface area contributed by atoms with E-state index in [1.54, 1.807) is 6.20 Å². The average molecular weight is 264 g/mol. The molecule has 18 heavy (non-hydrogen) atoms. The van der Waals surface area contributed by atoms with Gasteiger partial charge in [0.25, 0.3) is 0 Å². The summed E-state index contributed by atoms with van der Waals surface area (Å²) < 4.78 is 1.83. The Hall–Kier alpha value is -1.32. The predicted molar refractivity (Wildman–Crippen MR) is 74.9 cm³/mol. The van der Waals surface area contributed by atoms with Crippen LogP contribution in [0.15, 0.2) is 30.5 Å². The van der Waals surface area contributed by atoms with Crippen molar-refractivity contribution >= 4 is 11.6 Å². The summed E-state index contributed by atoms with van der Waals surface area (Å²) in [5.41, 5.74) is 3.59. The zero-order valence-corrected chi connectivity index (χ0v) is 11.7. The van der Waals surface area contributed by atoms with Crippen molar-refractivity contribution in [3.63, 3.8) is 0 Å². The van der Waals surface area contributed by atoms with Crippen LogP contribution < -0.4 is 5.32 Å². The van der Waals surface area contributed by atoms with Gasteiger partial charge in [0.1, 0.15) is 0 Å². The molecule has 0 fully saturated rings. The van der Waals surface area contributed by atoms with Crippen molar-refractivity contribution in [1.29, 1.82) is 0 Å². The smallest absolute Gasteiger partial charge is 0.0837 e. The maximum atomic E-state index is 6.24. The molecule has 1 aromatic carbocycles. The van der Waals surface area contributed by atoms with E-state index in [0.29, 0.717) is 5.02 Å². The van der Waals surface area contributed by atoms with Gasteiger partial charge in [-0.2, -0.15) is 5.10 Å². The average Bonchev–Trinajstić information content (AvgIpc) is 2.72. The third-order valence-corrected chi connectivity index (χ3v) is 3.54. The number of nitrogens with zero attached hydrogens (tertiary/aromatic N) is 2. The highest BCUT2D eigenvalue weighted by molar-refractivity contribution is 6.31. The molecular formula is C14H18ClN3. The van der Waals surface area contributed by atoms with Gasteiger partial charge in [-0.15, -0.1) is 0 Å². The van der Waals surface area contributed by atoms with Crippen LogP contribution in [0.25, 0.3) is 0 Å². The molecule has 1 N–H and O–H groups in total. The number of nitrogens with one attached hydrogen (secondary N) is 1. The molecule has 0 radical (unpaired) electrons. The highest BCUT2D eigenvalue weighted by Crippen LogP contribution is 2.29. The van der Waals surface area contributed by atoms with Crippen molar-refractivity contribution < 1.29 is 0 Å². The number of aromatic nitrogens is 2. The number of aryl methyl sites for hydroxylation is 2. The Labute approximate surface area is 113 Å². The van der Waals surface area contributed by atoms with E-state index in [1.807, 2.05) is 18.8 Å². The van der Waals surface area contributed by atoms with E-state index in [4.69, 9.17) is 11.6 Å². The van der Waals surface area contributed by atoms with E-state index >= 15 is 0 Å². The second kappa shape index (κ2) is 5.55. The van der Waals surface area contributed by atoms with Crippen molar-refractivity contribution in [3.8, 4) is 0 Å². The normalized spacial score (nSPS) is 12.7. The number of benzene rings is 1. The van der Waals surface area contributed by atoms with Gasteiger partial charge in [-0.25, -0.2) is 0 Å². The molecule has 1 atom stereocenters. The molecule has 0 spiro atoms. The van der Waals surface area contributed by atoms with Crippen molar-refractivity contribution in [1.82, 2.24) is 15.1 Å². The first-order valence-corrected chi connectivity index (χ1v) is 6.49. The molecule has 0 aliphatic rings. The molecule has 1 aromatic heterocycles. The molecule has 0 saturated carbocycles. The number of halogens is 1. The van der Waals surface area contributed by atoms with Gasteiger partial charge in [-0.1, -0.05) is 42.8 Å². The lowest BCUT2D eigenvalue weighted by atomic mass is 9.96. The van der Waals surface area contributed by atoms with E-state index in [0.717, 1.165) is 12.1 Å². The highest BCUT2D eigenvalue weighted by atomic mass is 35.5. The molecule has 4 heteroatoms. The quantitative estimate of drug-likeness (QED) is 0.919. The van der Waals surface area contributed by atoms with Gasteiger partial charge in [0, 0.05) is 7.05 Å². The minimum atomic E-state index is 0.0705. The molecule has 0 aliphatic heterocycles. The Morgan fingerprint density at radius 1 is 1.39 bits per heavy atom. The van der Waals surface area contributed by atoms with E-state index in [9.17, 15) is 0 Å². The number of rotatable bonds is 4. The molecule has 0 amide bonds. The zero-order valence-electron chi connectivity index (χ0n) is 10.9. The fraction of sp³-hybridized carbons (Fsp3) is 0.357. The van der Waals surface area contributed by atoms with Gasteiger partial charge >= 0.3 is 0 Å². The second-order valence-corrected chi connectivity index (χ2v) is 4.68. The van der Waals surface area contributed by atoms with Gasteiger partial charge in [0.2, 0.25) is 0 Å². The van der Waals surface area contributed by atoms with Crippen LogP contribution in [-0.2, 0) is 13.5 Å². The molecule has 0 bridgehead atoms. The molecule has 2 rings (SSSR count). The molecule has 0 saturated heterocycles. The van der Waals surface area contributed by atoms with E-state index in [1.165, 1.54) is 11.1 Å². The van der Waals surface area contributed by atoms with Gasteiger partial charge in [-0.3, -0.25) is 4.68 Å². The summed E-state index contributed by atoms with van der Waals surface area (Å²) in [6.07, 6.45) is 2.69. The minimum absolute atomic E-state index is 0.0705. The molecule has 1 unspecified atom stereocenters. The van der Waals surface area contributed by atoms with Crippen LogP contribution in [0.5, 0.6) is 0 Å². The Bertz CT molecular complexity index is 514. The van der Waals surface area contributed by atoms with Crippen molar-refractivity contribution in [2.45, 2.75) is 19.4 Å². The summed E-state index contributed by atoms with van der Waals surface area (Å²) in [6, 6.07) is 8.50. The number of hydrogen-bond donors (Lipinski definition) is 1. The first kappa shape index (κ1) is 13.1. The Morgan fingerprint density at radius 3 is 2.67 bits per heavy atom. The number of hydrogen-bond acceptors (Lipinski definition) is 2. The summed E-state index contributed by atoms with van der Waals surface area (Å²) in [5.74, 6) is 0. The van der Waals surface area contributed by atoms with Crippen molar-refractivity contribution in [2.75, 3.05) is 7.05 Å². The van der Waals surface area contributed by atoms with Crippen LogP contribution in [0, 0.1) is 0 Å². The van der Waals surface area contributed by atoms with Crippen LogP contribution in [0.4, 0.5) is 0 Å². The molecule has 96 valence electrons. The molecular weight excluding hydrogens is 246 g/mol. The SMILES string of the molecule is CCc1ccccc1C(NC)c1c(Cl)cnn1C. The van der Waals surface area contributed by atoms with Crippen LogP contribution in [0.3, 0.4) is 0 Å². The first-order chi connectivity index (χ1) is 8.69. The summed E-state index contributed by atoms with van der Waals surface area (Å²) >= 11 is 6.24. The fourth-order valence-electron chi connectivity index (χ4n) is 2.32. The van der Waals surface area contributed by atoms with Gasteiger partial charge in [-0.05, 0) is 24.6 Å². The zero-order chi connectivity index (χ0) is 13.1. The van der Waals surface area contributed by atoms with Gasteiger partial charge < -0.3 is 5.32 Å². The Morgan fingerprint density at radius 2 is 2.11 bits per heavy atom. The van der Waals surface area contributed by atoms with E-state index < -0.39 is 0 Å². The molecule has 1 heterocycles. The minimum Gasteiger partial charge on any atom is -0.308 e. The standard InChI is InChI=1S/C14H18ClN3/c1-4-10-7-5-6-8-11(10)13(16-2)14-12(15)9-17-18(14)3/h5-9,13,16H,4H2,1-3H3. The van der Waals surface area contributed by atoms with Crippen LogP contribution in [-0.4, -0.2) is 16.8 Å². The lowest BCUT2D eigenvalue weighted by molar-refractivity contribution is 0.602. The summed E-state index contributed by atoms with van der Waals surface area (Å²) in [4.78, 5) is 0. The van der Waals surface area contributed by atoms with Crippen LogP contribution in [0.2, 0.25) is 5.02 Å². The fourth-order valence-corrected chi connectivity index (χ4v) is 2.60. The maximum Gasteiger partial charge on any atom is 0.0837 e. The summed E-state index contributed by atoms with van der Waals surface area (Å²) in [5, 5.41) is 8.24. The lowest BCUT2D eigenvalue weighted by Gasteiger charge is -2.20. The molecule has 2 aromatic rings. The summed E-state index contributed by atoms with van der Waals surface area (Å²) in [7, 11) is 3.86. The Kier molecular flexibility index (Phi) is 4.04. The monoisotopic (exact) mass is 263 g/mol. The largest absolute Gasteiger partial charge is 0.308 e. The van der Waals surface area contributed by atoms with Gasteiger partial charge in [0.15, 0.2) is 0 Å². The molecule has 0 aliphatic carbocycles. The first-order valence-electron chi connectivity index (χ1n) is 6.11. The van der Waals surface area contributed by atoms with Crippen molar-refractivity contribution in [3.05, 3.63) is 52.3 Å². The Balaban J connectivity index is 2.52. The van der Waals surface area contributed by atoms with Crippen LogP contribution >= 0.6 is 11.6 Å².